The van der Waals surface area contributed by atoms with Gasteiger partial charge in [0.15, 0.2) is 0 Å². The van der Waals surface area contributed by atoms with Gasteiger partial charge in [0.25, 0.3) is 0 Å². The van der Waals surface area contributed by atoms with Crippen LogP contribution in [0.15, 0.2) is 0 Å². The molecule has 2 heterocycles. The molecule has 1 amide bonds. The van der Waals surface area contributed by atoms with E-state index < -0.39 is 5.54 Å². The molecule has 5 heteroatoms. The molecule has 2 saturated heterocycles. The molecule has 0 aromatic rings. The lowest BCUT2D eigenvalue weighted by Crippen LogP contribution is -2.50. The molecule has 2 aliphatic heterocycles. The predicted molar refractivity (Wildman–Crippen MR) is 80.5 cm³/mol. The second-order valence-electron chi connectivity index (χ2n) is 6.94. The minimum Gasteiger partial charge on any atom is -0.337 e. The molecule has 5 nitrogen and oxygen atoms in total. The quantitative estimate of drug-likeness (QED) is 0.806. The van der Waals surface area contributed by atoms with Crippen LogP contribution in [0, 0.1) is 23.2 Å². The van der Waals surface area contributed by atoms with Crippen LogP contribution in [0.3, 0.4) is 0 Å². The summed E-state index contributed by atoms with van der Waals surface area (Å²) in [7, 11) is 0. The van der Waals surface area contributed by atoms with Gasteiger partial charge in [-0.15, -0.1) is 0 Å². The average molecular weight is 290 g/mol. The Labute approximate surface area is 127 Å². The van der Waals surface area contributed by atoms with Crippen LogP contribution in [0.1, 0.15) is 39.0 Å². The number of nitrogens with one attached hydrogen (secondary N) is 2. The van der Waals surface area contributed by atoms with Crippen LogP contribution in [0.5, 0.6) is 0 Å². The van der Waals surface area contributed by atoms with Gasteiger partial charge in [0.2, 0.25) is 5.91 Å². The van der Waals surface area contributed by atoms with Crippen molar-refractivity contribution in [2.24, 2.45) is 11.8 Å². The number of amides is 1. The van der Waals surface area contributed by atoms with Gasteiger partial charge < -0.3 is 10.6 Å². The molecule has 0 bridgehead atoms. The zero-order valence-electron chi connectivity index (χ0n) is 12.9. The molecule has 1 saturated carbocycles. The van der Waals surface area contributed by atoms with Crippen molar-refractivity contribution in [3.63, 3.8) is 0 Å². The van der Waals surface area contributed by atoms with Crippen molar-refractivity contribution < 1.29 is 4.79 Å². The van der Waals surface area contributed by atoms with Gasteiger partial charge in [-0.25, -0.2) is 0 Å². The molecule has 1 aliphatic carbocycles. The van der Waals surface area contributed by atoms with Crippen LogP contribution in [0.25, 0.3) is 0 Å². The molecule has 116 valence electrons. The number of hydrogen-bond donors (Lipinski definition) is 2. The Morgan fingerprint density at radius 2 is 2.19 bits per heavy atom. The van der Waals surface area contributed by atoms with Crippen molar-refractivity contribution in [2.75, 3.05) is 26.2 Å². The highest BCUT2D eigenvalue weighted by atomic mass is 16.2. The summed E-state index contributed by atoms with van der Waals surface area (Å²) < 4.78 is 0. The Morgan fingerprint density at radius 3 is 2.86 bits per heavy atom. The summed E-state index contributed by atoms with van der Waals surface area (Å²) in [6.07, 6.45) is 4.80. The molecule has 3 aliphatic rings. The van der Waals surface area contributed by atoms with Crippen molar-refractivity contribution in [2.45, 2.75) is 50.6 Å². The second-order valence-corrected chi connectivity index (χ2v) is 6.94. The first-order valence-electron chi connectivity index (χ1n) is 8.34. The maximum absolute atomic E-state index is 12.4. The fraction of sp³-hybridized carbons (Fsp3) is 0.875. The molecule has 3 fully saturated rings. The molecule has 3 rings (SSSR count). The second kappa shape index (κ2) is 5.94. The summed E-state index contributed by atoms with van der Waals surface area (Å²) >= 11 is 0. The Balaban J connectivity index is 1.59. The molecule has 0 radical (unpaired) electrons. The maximum Gasteiger partial charge on any atom is 0.235 e. The van der Waals surface area contributed by atoms with Crippen LogP contribution < -0.4 is 10.6 Å². The smallest absolute Gasteiger partial charge is 0.235 e. The zero-order valence-corrected chi connectivity index (χ0v) is 12.9. The molecule has 0 aromatic carbocycles. The summed E-state index contributed by atoms with van der Waals surface area (Å²) in [6, 6.07) is 2.85. The zero-order chi connectivity index (χ0) is 14.9. The lowest BCUT2D eigenvalue weighted by atomic mass is 9.93. The number of fused-ring (bicyclic) bond motifs is 1. The van der Waals surface area contributed by atoms with Gasteiger partial charge in [-0.2, -0.15) is 5.26 Å². The van der Waals surface area contributed by atoms with Crippen molar-refractivity contribution in [1.82, 2.24) is 15.5 Å². The average Bonchev–Trinajstić information content (AvgIpc) is 3.14. The van der Waals surface area contributed by atoms with Gasteiger partial charge >= 0.3 is 0 Å². The molecule has 0 aromatic heterocycles. The SMILES string of the molecule is CCC1C2CNCC2CN1CC(=O)NC1(C#N)CCCC1. The van der Waals surface area contributed by atoms with Crippen molar-refractivity contribution >= 4 is 5.91 Å². The van der Waals surface area contributed by atoms with Crippen LogP contribution >= 0.6 is 0 Å². The van der Waals surface area contributed by atoms with Gasteiger partial charge in [0.1, 0.15) is 5.54 Å². The van der Waals surface area contributed by atoms with Gasteiger partial charge in [-0.3, -0.25) is 9.69 Å². The first-order valence-corrected chi connectivity index (χ1v) is 8.34. The minimum absolute atomic E-state index is 0.0323. The summed E-state index contributed by atoms with van der Waals surface area (Å²) in [5.74, 6) is 1.42. The monoisotopic (exact) mass is 290 g/mol. The van der Waals surface area contributed by atoms with E-state index in [1.54, 1.807) is 0 Å². The van der Waals surface area contributed by atoms with E-state index >= 15 is 0 Å². The third kappa shape index (κ3) is 2.79. The van der Waals surface area contributed by atoms with Gasteiger partial charge in [-0.1, -0.05) is 6.92 Å². The van der Waals surface area contributed by atoms with Gasteiger partial charge in [-0.05, 0) is 57.0 Å². The minimum atomic E-state index is -0.587. The van der Waals surface area contributed by atoms with Gasteiger partial charge in [0.05, 0.1) is 12.6 Å². The van der Waals surface area contributed by atoms with Crippen molar-refractivity contribution in [3.05, 3.63) is 0 Å². The highest BCUT2D eigenvalue weighted by Gasteiger charge is 2.44. The fourth-order valence-corrected chi connectivity index (χ4v) is 4.59. The fourth-order valence-electron chi connectivity index (χ4n) is 4.59. The number of hydrogen-bond acceptors (Lipinski definition) is 4. The normalized spacial score (nSPS) is 34.6. The van der Waals surface area contributed by atoms with E-state index in [4.69, 9.17) is 0 Å². The molecule has 3 atom stereocenters. The molecule has 3 unspecified atom stereocenters. The Hall–Kier alpha value is -1.12. The van der Waals surface area contributed by atoms with Crippen molar-refractivity contribution in [1.29, 1.82) is 5.26 Å². The first-order chi connectivity index (χ1) is 10.2. The van der Waals surface area contributed by atoms with Crippen LogP contribution in [-0.2, 0) is 4.79 Å². The third-order valence-corrected chi connectivity index (χ3v) is 5.64. The van der Waals surface area contributed by atoms with Gasteiger partial charge in [0, 0.05) is 12.6 Å². The number of likely N-dealkylation sites (tertiary alicyclic amines) is 1. The molecular formula is C16H26N4O. The molecular weight excluding hydrogens is 264 g/mol. The van der Waals surface area contributed by atoms with E-state index in [2.05, 4.69) is 28.5 Å². The Bertz CT molecular complexity index is 438. The van der Waals surface area contributed by atoms with Crippen LogP contribution in [-0.4, -0.2) is 48.6 Å². The van der Waals surface area contributed by atoms with E-state index in [1.165, 1.54) is 0 Å². The van der Waals surface area contributed by atoms with E-state index in [9.17, 15) is 10.1 Å². The summed E-state index contributed by atoms with van der Waals surface area (Å²) in [6.45, 7) is 5.85. The topological polar surface area (TPSA) is 68.2 Å². The highest BCUT2D eigenvalue weighted by molar-refractivity contribution is 5.79. The third-order valence-electron chi connectivity index (χ3n) is 5.64. The Kier molecular flexibility index (Phi) is 4.19. The number of nitriles is 1. The standard InChI is InChI=1S/C16H26N4O/c1-2-14-13-8-18-7-12(13)9-20(14)10-15(21)19-16(11-17)5-3-4-6-16/h12-14,18H,2-10H2,1H3,(H,19,21). The molecule has 2 N–H and O–H groups in total. The predicted octanol–water partition coefficient (Wildman–Crippen LogP) is 0.869. The van der Waals surface area contributed by atoms with Crippen molar-refractivity contribution in [3.8, 4) is 6.07 Å². The van der Waals surface area contributed by atoms with E-state index in [1.807, 2.05) is 0 Å². The maximum atomic E-state index is 12.4. The number of rotatable bonds is 4. The molecule has 21 heavy (non-hydrogen) atoms. The lowest BCUT2D eigenvalue weighted by molar-refractivity contribution is -0.123. The largest absolute Gasteiger partial charge is 0.337 e. The number of nitrogens with zero attached hydrogens (tertiary/aromatic N) is 2. The Morgan fingerprint density at radius 1 is 1.43 bits per heavy atom. The number of carbonyl (C=O) groups excluding carboxylic acids is 1. The first kappa shape index (κ1) is 14.8. The molecule has 0 spiro atoms. The summed E-state index contributed by atoms with van der Waals surface area (Å²) in [4.78, 5) is 14.7. The number of carbonyl (C=O) groups is 1. The van der Waals surface area contributed by atoms with E-state index in [-0.39, 0.29) is 5.91 Å². The highest BCUT2D eigenvalue weighted by Crippen LogP contribution is 2.34. The summed E-state index contributed by atoms with van der Waals surface area (Å²) in [5.41, 5.74) is -0.587. The summed E-state index contributed by atoms with van der Waals surface area (Å²) in [5, 5.41) is 15.9. The van der Waals surface area contributed by atoms with E-state index in [0.29, 0.717) is 24.4 Å². The lowest BCUT2D eigenvalue weighted by Gasteiger charge is -2.28. The van der Waals surface area contributed by atoms with E-state index in [0.717, 1.165) is 51.7 Å². The van der Waals surface area contributed by atoms with Crippen LogP contribution in [0.2, 0.25) is 0 Å². The van der Waals surface area contributed by atoms with Crippen LogP contribution in [0.4, 0.5) is 0 Å².